The average Bonchev–Trinajstić information content (AvgIpc) is 2.90. The van der Waals surface area contributed by atoms with Crippen LogP contribution in [0.3, 0.4) is 0 Å². The minimum atomic E-state index is -0.347. The molecule has 0 atom stereocenters. The Morgan fingerprint density at radius 3 is 2.26 bits per heavy atom. The average molecular weight is 521 g/mol. The van der Waals surface area contributed by atoms with Crippen molar-refractivity contribution in [3.8, 4) is 0 Å². The van der Waals surface area contributed by atoms with Gasteiger partial charge in [-0.25, -0.2) is 0 Å². The van der Waals surface area contributed by atoms with E-state index in [-0.39, 0.29) is 39.0 Å². The maximum Gasteiger partial charge on any atom is 0.292 e. The predicted molar refractivity (Wildman–Crippen MR) is 149 cm³/mol. The summed E-state index contributed by atoms with van der Waals surface area (Å²) in [5.41, 5.74) is 8.48. The van der Waals surface area contributed by atoms with Crippen molar-refractivity contribution in [1.29, 1.82) is 0 Å². The largest absolute Gasteiger partial charge is 0.394 e. The number of ketones is 2. The second-order valence-corrected chi connectivity index (χ2v) is 11.0. The molecule has 0 unspecified atom stereocenters. The van der Waals surface area contributed by atoms with Crippen molar-refractivity contribution in [1.82, 2.24) is 10.2 Å². The Balaban J connectivity index is 1.28. The lowest BCUT2D eigenvalue weighted by Crippen LogP contribution is -2.47. The topological polar surface area (TPSA) is 134 Å². The van der Waals surface area contributed by atoms with Crippen LogP contribution in [0, 0.1) is 15.5 Å². The molecule has 0 amide bonds. The molecule has 0 bridgehead atoms. The molecule has 1 heterocycles. The summed E-state index contributed by atoms with van der Waals surface area (Å²) in [7, 11) is 0. The van der Waals surface area contributed by atoms with Gasteiger partial charge in [0, 0.05) is 62.1 Å². The van der Waals surface area contributed by atoms with Crippen LogP contribution in [-0.4, -0.2) is 67.2 Å². The van der Waals surface area contributed by atoms with Gasteiger partial charge in [0.1, 0.15) is 17.1 Å². The number of nitrogens with zero attached hydrogens (tertiary/aromatic N) is 3. The number of allylic oxidation sites excluding steroid dienone is 2. The molecule has 1 saturated heterocycles. The Bertz CT molecular complexity index is 1260. The lowest BCUT2D eigenvalue weighted by molar-refractivity contribution is -0.384. The quantitative estimate of drug-likeness (QED) is 0.258. The van der Waals surface area contributed by atoms with Crippen molar-refractivity contribution in [2.45, 2.75) is 27.2 Å². The highest BCUT2D eigenvalue weighted by molar-refractivity contribution is 6.26. The predicted octanol–water partition coefficient (Wildman–Crippen LogP) is 3.40. The van der Waals surface area contributed by atoms with Gasteiger partial charge in [-0.15, -0.1) is 0 Å². The minimum Gasteiger partial charge on any atom is -0.394 e. The van der Waals surface area contributed by atoms with Crippen molar-refractivity contribution in [3.63, 3.8) is 0 Å². The second kappa shape index (κ2) is 11.2. The van der Waals surface area contributed by atoms with Crippen LogP contribution in [0.4, 0.5) is 17.1 Å². The zero-order valence-corrected chi connectivity index (χ0v) is 22.3. The lowest BCUT2D eigenvalue weighted by atomic mass is 9.90. The summed E-state index contributed by atoms with van der Waals surface area (Å²) in [5, 5.41) is 17.9. The van der Waals surface area contributed by atoms with Gasteiger partial charge in [0.15, 0.2) is 0 Å². The first kappa shape index (κ1) is 27.1. The van der Waals surface area contributed by atoms with Gasteiger partial charge in [0.2, 0.25) is 11.6 Å². The van der Waals surface area contributed by atoms with Gasteiger partial charge in [0.05, 0.1) is 4.92 Å². The summed E-state index contributed by atoms with van der Waals surface area (Å²) in [6.07, 6.45) is 0.790. The summed E-state index contributed by atoms with van der Waals surface area (Å²) in [6, 6.07) is 12.0. The van der Waals surface area contributed by atoms with Gasteiger partial charge in [0.25, 0.3) is 5.69 Å². The van der Waals surface area contributed by atoms with E-state index in [2.05, 4.69) is 41.2 Å². The number of nitrogens with one attached hydrogen (secondary N) is 2. The number of nitro groups is 1. The number of carbonyl (C=O) groups excluding carboxylic acids is 2. The van der Waals surface area contributed by atoms with E-state index in [1.165, 1.54) is 0 Å². The Labute approximate surface area is 223 Å². The zero-order chi connectivity index (χ0) is 27.4. The first-order chi connectivity index (χ1) is 18.0. The molecule has 10 nitrogen and oxygen atoms in total. The molecule has 1 aliphatic heterocycles. The van der Waals surface area contributed by atoms with Gasteiger partial charge < -0.3 is 21.3 Å². The highest BCUT2D eigenvalue weighted by Gasteiger charge is 2.30. The molecule has 202 valence electrons. The van der Waals surface area contributed by atoms with Crippen LogP contribution in [0.1, 0.15) is 47.9 Å². The van der Waals surface area contributed by atoms with Gasteiger partial charge in [-0.3, -0.25) is 24.6 Å². The monoisotopic (exact) mass is 520 g/mol. The van der Waals surface area contributed by atoms with E-state index >= 15 is 0 Å². The number of hydrogen-bond donors (Lipinski definition) is 3. The number of anilines is 2. The van der Waals surface area contributed by atoms with Crippen LogP contribution in [0.25, 0.3) is 0 Å². The standard InChI is InChI=1S/C28H36N6O4/c1-28(2,3)18-31-22-17-19(9-10-23(22)34(37)38)33-15-13-32(14-16-33)12-6-11-30-25-24(29)26(35)20-7-4-5-8-21(20)27(25)36/h4-5,7-10,17,30-31H,6,11-16,18,29H2,1-3H3. The molecule has 2 aliphatic rings. The number of rotatable bonds is 9. The van der Waals surface area contributed by atoms with Crippen molar-refractivity contribution in [2.24, 2.45) is 11.1 Å². The van der Waals surface area contributed by atoms with Crippen LogP contribution in [-0.2, 0) is 0 Å². The first-order valence-corrected chi connectivity index (χ1v) is 13.0. The van der Waals surface area contributed by atoms with Gasteiger partial charge in [-0.2, -0.15) is 0 Å². The zero-order valence-electron chi connectivity index (χ0n) is 22.3. The van der Waals surface area contributed by atoms with Crippen LogP contribution in [0.2, 0.25) is 0 Å². The van der Waals surface area contributed by atoms with E-state index in [9.17, 15) is 19.7 Å². The SMILES string of the molecule is CC(C)(C)CNc1cc(N2CCN(CCCNC3=C(N)C(=O)c4ccccc4C3=O)CC2)ccc1[N+](=O)[O-]. The summed E-state index contributed by atoms with van der Waals surface area (Å²) >= 11 is 0. The maximum atomic E-state index is 12.8. The van der Waals surface area contributed by atoms with E-state index < -0.39 is 0 Å². The fourth-order valence-electron chi connectivity index (χ4n) is 4.70. The molecule has 2 aromatic rings. The smallest absolute Gasteiger partial charge is 0.292 e. The number of nitrogens with two attached hydrogens (primary N) is 1. The lowest BCUT2D eigenvalue weighted by Gasteiger charge is -2.36. The third-order valence-electron chi connectivity index (χ3n) is 6.83. The summed E-state index contributed by atoms with van der Waals surface area (Å²) < 4.78 is 0. The maximum absolute atomic E-state index is 12.8. The van der Waals surface area contributed by atoms with Crippen LogP contribution >= 0.6 is 0 Å². The van der Waals surface area contributed by atoms with Crippen LogP contribution < -0.4 is 21.3 Å². The molecular formula is C28H36N6O4. The van der Waals surface area contributed by atoms with E-state index in [1.807, 2.05) is 12.1 Å². The fraction of sp³-hybridized carbons (Fsp3) is 0.429. The Hall–Kier alpha value is -3.92. The van der Waals surface area contributed by atoms with E-state index in [0.29, 0.717) is 29.9 Å². The highest BCUT2D eigenvalue weighted by atomic mass is 16.6. The molecule has 0 spiro atoms. The summed E-state index contributed by atoms with van der Waals surface area (Å²) in [6.45, 7) is 11.6. The highest BCUT2D eigenvalue weighted by Crippen LogP contribution is 2.31. The molecule has 0 aromatic heterocycles. The number of carbonyl (C=O) groups is 2. The molecule has 2 aromatic carbocycles. The Morgan fingerprint density at radius 2 is 1.63 bits per heavy atom. The molecule has 38 heavy (non-hydrogen) atoms. The van der Waals surface area contributed by atoms with Gasteiger partial charge in [-0.05, 0) is 30.5 Å². The van der Waals surface area contributed by atoms with E-state index in [1.54, 1.807) is 30.3 Å². The van der Waals surface area contributed by atoms with Crippen molar-refractivity contribution < 1.29 is 14.5 Å². The number of benzene rings is 2. The number of fused-ring (bicyclic) bond motifs is 1. The molecule has 0 saturated carbocycles. The summed E-state index contributed by atoms with van der Waals surface area (Å²) in [4.78, 5) is 41.1. The molecular weight excluding hydrogens is 484 g/mol. The minimum absolute atomic E-state index is 0.00307. The molecule has 10 heteroatoms. The summed E-state index contributed by atoms with van der Waals surface area (Å²) in [5.74, 6) is -0.562. The van der Waals surface area contributed by atoms with Crippen molar-refractivity contribution in [3.05, 3.63) is 75.1 Å². The molecule has 1 aliphatic carbocycles. The Kier molecular flexibility index (Phi) is 8.01. The first-order valence-electron chi connectivity index (χ1n) is 13.0. The number of nitro benzene ring substituents is 1. The number of Topliss-reactive ketones (excluding diaryl/α,β-unsaturated/α-hetero) is 2. The van der Waals surface area contributed by atoms with Crippen molar-refractivity contribution in [2.75, 3.05) is 56.0 Å². The normalized spacial score (nSPS) is 16.4. The molecule has 4 N–H and O–H groups in total. The second-order valence-electron chi connectivity index (χ2n) is 11.0. The Morgan fingerprint density at radius 1 is 0.974 bits per heavy atom. The molecule has 4 rings (SSSR count). The molecule has 1 fully saturated rings. The number of hydrogen-bond acceptors (Lipinski definition) is 9. The molecule has 0 radical (unpaired) electrons. The van der Waals surface area contributed by atoms with Crippen molar-refractivity contribution >= 4 is 28.6 Å². The van der Waals surface area contributed by atoms with Crippen LogP contribution in [0.5, 0.6) is 0 Å². The number of piperazine rings is 1. The third kappa shape index (κ3) is 6.13. The van der Waals surface area contributed by atoms with E-state index in [4.69, 9.17) is 5.73 Å². The van der Waals surface area contributed by atoms with E-state index in [0.717, 1.165) is 44.8 Å². The van der Waals surface area contributed by atoms with Gasteiger partial charge >= 0.3 is 0 Å². The fourth-order valence-corrected chi connectivity index (χ4v) is 4.70. The van der Waals surface area contributed by atoms with Crippen LogP contribution in [0.15, 0.2) is 53.9 Å². The third-order valence-corrected chi connectivity index (χ3v) is 6.83. The van der Waals surface area contributed by atoms with Gasteiger partial charge in [-0.1, -0.05) is 45.0 Å².